The van der Waals surface area contributed by atoms with Gasteiger partial charge in [-0.1, -0.05) is 6.07 Å². The quantitative estimate of drug-likeness (QED) is 0.657. The molecule has 0 spiro atoms. The van der Waals surface area contributed by atoms with Crippen LogP contribution in [0, 0.1) is 36.2 Å². The van der Waals surface area contributed by atoms with E-state index in [4.69, 9.17) is 0 Å². The van der Waals surface area contributed by atoms with Crippen LogP contribution < -0.4 is 5.32 Å². The summed E-state index contributed by atoms with van der Waals surface area (Å²) < 4.78 is 13.2. The summed E-state index contributed by atoms with van der Waals surface area (Å²) in [5.41, 5.74) is -3.08. The van der Waals surface area contributed by atoms with Gasteiger partial charge >= 0.3 is 11.4 Å². The van der Waals surface area contributed by atoms with Crippen molar-refractivity contribution < 1.29 is 19.2 Å². The second kappa shape index (κ2) is 6.01. The van der Waals surface area contributed by atoms with Gasteiger partial charge in [0.25, 0.3) is 5.69 Å². The largest absolute Gasteiger partial charge is 0.344 e. The van der Waals surface area contributed by atoms with Gasteiger partial charge in [0.05, 0.1) is 26.9 Å². The number of hydrogen-bond acceptors (Lipinski definition) is 7. The van der Waals surface area contributed by atoms with Gasteiger partial charge in [0.1, 0.15) is 5.82 Å². The van der Waals surface area contributed by atoms with E-state index in [-0.39, 0.29) is 5.69 Å². The molecule has 0 radical (unpaired) electrons. The molecule has 0 unspecified atom stereocenters. The Morgan fingerprint density at radius 3 is 1.87 bits per heavy atom. The van der Waals surface area contributed by atoms with Crippen molar-refractivity contribution in [3.05, 3.63) is 72.6 Å². The summed E-state index contributed by atoms with van der Waals surface area (Å²) in [7, 11) is 0. The highest BCUT2D eigenvalue weighted by molar-refractivity contribution is 5.81. The molecular formula is C12H7FN4O6. The predicted octanol–water partition coefficient (Wildman–Crippen LogP) is 3.29. The molecule has 0 heterocycles. The van der Waals surface area contributed by atoms with Crippen LogP contribution in [0.5, 0.6) is 0 Å². The smallest absolute Gasteiger partial charge is 0.306 e. The van der Waals surface area contributed by atoms with Gasteiger partial charge in [-0.25, -0.2) is 4.39 Å². The molecule has 0 aliphatic rings. The number of non-ortho nitro benzene ring substituents is 1. The Morgan fingerprint density at radius 1 is 0.870 bits per heavy atom. The number of halogens is 1. The molecule has 0 saturated heterocycles. The van der Waals surface area contributed by atoms with Crippen LogP contribution >= 0.6 is 0 Å². The van der Waals surface area contributed by atoms with Crippen LogP contribution in [-0.4, -0.2) is 14.8 Å². The molecule has 1 N–H and O–H groups in total. The Hall–Kier alpha value is -3.63. The first-order valence-corrected chi connectivity index (χ1v) is 5.93. The second-order valence-electron chi connectivity index (χ2n) is 4.27. The molecule has 0 aliphatic carbocycles. The van der Waals surface area contributed by atoms with Gasteiger partial charge in [0.2, 0.25) is 0 Å². The molecule has 2 aromatic carbocycles. The molecule has 2 aromatic rings. The van der Waals surface area contributed by atoms with Crippen LogP contribution in [0.1, 0.15) is 0 Å². The topological polar surface area (TPSA) is 141 Å². The first-order chi connectivity index (χ1) is 10.8. The van der Waals surface area contributed by atoms with Crippen molar-refractivity contribution in [2.75, 3.05) is 5.32 Å². The fourth-order valence-corrected chi connectivity index (χ4v) is 1.83. The van der Waals surface area contributed by atoms with E-state index in [2.05, 4.69) is 5.32 Å². The van der Waals surface area contributed by atoms with E-state index in [0.717, 1.165) is 12.1 Å². The number of nitro groups is 3. The van der Waals surface area contributed by atoms with E-state index in [0.29, 0.717) is 12.1 Å². The minimum Gasteiger partial charge on any atom is -0.344 e. The number of rotatable bonds is 5. The molecule has 118 valence electrons. The van der Waals surface area contributed by atoms with E-state index in [1.165, 1.54) is 12.1 Å². The Labute approximate surface area is 126 Å². The zero-order valence-electron chi connectivity index (χ0n) is 11.1. The molecule has 0 atom stereocenters. The average molecular weight is 322 g/mol. The minimum absolute atomic E-state index is 0.0186. The summed E-state index contributed by atoms with van der Waals surface area (Å²) in [4.78, 5) is 29.9. The SMILES string of the molecule is O=[N+]([O-])c1cc([N+](=O)[O-])c(Nc2cccc(F)c2)c([N+](=O)[O-])c1. The Morgan fingerprint density at radius 2 is 1.43 bits per heavy atom. The van der Waals surface area contributed by atoms with Gasteiger partial charge in [-0.05, 0) is 18.2 Å². The Balaban J connectivity index is 2.66. The van der Waals surface area contributed by atoms with Crippen molar-refractivity contribution in [2.45, 2.75) is 0 Å². The number of nitro benzene ring substituents is 3. The molecule has 0 bridgehead atoms. The van der Waals surface area contributed by atoms with E-state index < -0.39 is 43.3 Å². The zero-order chi connectivity index (χ0) is 17.1. The Bertz CT molecular complexity index is 790. The number of nitrogens with zero attached hydrogens (tertiary/aromatic N) is 3. The van der Waals surface area contributed by atoms with Crippen molar-refractivity contribution in [1.29, 1.82) is 0 Å². The van der Waals surface area contributed by atoms with Crippen LogP contribution in [0.3, 0.4) is 0 Å². The van der Waals surface area contributed by atoms with Gasteiger partial charge in [-0.3, -0.25) is 30.3 Å². The van der Waals surface area contributed by atoms with Crippen molar-refractivity contribution in [3.63, 3.8) is 0 Å². The fraction of sp³-hybridized carbons (Fsp3) is 0. The zero-order valence-corrected chi connectivity index (χ0v) is 11.1. The van der Waals surface area contributed by atoms with Crippen molar-refractivity contribution >= 4 is 28.4 Å². The first kappa shape index (κ1) is 15.8. The maximum atomic E-state index is 13.2. The lowest BCUT2D eigenvalue weighted by atomic mass is 10.2. The summed E-state index contributed by atoms with van der Waals surface area (Å²) in [6.45, 7) is 0. The van der Waals surface area contributed by atoms with E-state index in [1.807, 2.05) is 0 Å². The molecule has 0 amide bonds. The maximum absolute atomic E-state index is 13.2. The predicted molar refractivity (Wildman–Crippen MR) is 76.1 cm³/mol. The summed E-state index contributed by atoms with van der Waals surface area (Å²) in [6.07, 6.45) is 0. The number of hydrogen-bond donors (Lipinski definition) is 1. The van der Waals surface area contributed by atoms with Gasteiger partial charge in [-0.15, -0.1) is 0 Å². The lowest BCUT2D eigenvalue weighted by Gasteiger charge is -2.08. The maximum Gasteiger partial charge on any atom is 0.306 e. The molecule has 0 aromatic heterocycles. The number of benzene rings is 2. The summed E-state index contributed by atoms with van der Waals surface area (Å²) in [6, 6.07) is 5.89. The summed E-state index contributed by atoms with van der Waals surface area (Å²) in [5, 5.41) is 35.3. The van der Waals surface area contributed by atoms with Crippen molar-refractivity contribution in [2.24, 2.45) is 0 Å². The standard InChI is InChI=1S/C12H7FN4O6/c13-7-2-1-3-8(4-7)14-12-10(16(20)21)5-9(15(18)19)6-11(12)17(22)23/h1-6,14H. The third kappa shape index (κ3) is 3.34. The third-order valence-electron chi connectivity index (χ3n) is 2.78. The highest BCUT2D eigenvalue weighted by Crippen LogP contribution is 2.40. The molecule has 0 saturated carbocycles. The molecular weight excluding hydrogens is 315 g/mol. The highest BCUT2D eigenvalue weighted by Gasteiger charge is 2.30. The second-order valence-corrected chi connectivity index (χ2v) is 4.27. The average Bonchev–Trinajstić information content (AvgIpc) is 2.46. The van der Waals surface area contributed by atoms with Crippen LogP contribution in [0.15, 0.2) is 36.4 Å². The summed E-state index contributed by atoms with van der Waals surface area (Å²) >= 11 is 0. The van der Waals surface area contributed by atoms with Gasteiger partial charge in [-0.2, -0.15) is 0 Å². The minimum atomic E-state index is -0.998. The molecule has 23 heavy (non-hydrogen) atoms. The normalized spacial score (nSPS) is 10.1. The number of nitrogens with one attached hydrogen (secondary N) is 1. The molecule has 10 nitrogen and oxygen atoms in total. The molecule has 0 fully saturated rings. The lowest BCUT2D eigenvalue weighted by molar-refractivity contribution is -0.401. The first-order valence-electron chi connectivity index (χ1n) is 5.93. The molecule has 11 heteroatoms. The van der Waals surface area contributed by atoms with Crippen molar-refractivity contribution in [3.8, 4) is 0 Å². The fourth-order valence-electron chi connectivity index (χ4n) is 1.83. The monoisotopic (exact) mass is 322 g/mol. The summed E-state index contributed by atoms with van der Waals surface area (Å²) in [5.74, 6) is -0.665. The molecule has 0 aliphatic heterocycles. The molecule has 2 rings (SSSR count). The van der Waals surface area contributed by atoms with E-state index in [9.17, 15) is 34.7 Å². The van der Waals surface area contributed by atoms with Gasteiger partial charge < -0.3 is 5.32 Å². The van der Waals surface area contributed by atoms with Crippen LogP contribution in [0.25, 0.3) is 0 Å². The van der Waals surface area contributed by atoms with E-state index in [1.54, 1.807) is 0 Å². The number of anilines is 2. The third-order valence-corrected chi connectivity index (χ3v) is 2.78. The van der Waals surface area contributed by atoms with Crippen LogP contribution in [-0.2, 0) is 0 Å². The van der Waals surface area contributed by atoms with Crippen LogP contribution in [0.4, 0.5) is 32.8 Å². The lowest BCUT2D eigenvalue weighted by Crippen LogP contribution is -2.03. The highest BCUT2D eigenvalue weighted by atomic mass is 19.1. The van der Waals surface area contributed by atoms with Crippen molar-refractivity contribution in [1.82, 2.24) is 0 Å². The van der Waals surface area contributed by atoms with Crippen LogP contribution in [0.2, 0.25) is 0 Å². The van der Waals surface area contributed by atoms with E-state index >= 15 is 0 Å². The Kier molecular flexibility index (Phi) is 4.12. The van der Waals surface area contributed by atoms with Gasteiger partial charge in [0, 0.05) is 5.69 Å². The van der Waals surface area contributed by atoms with Gasteiger partial charge in [0.15, 0.2) is 5.69 Å².